The van der Waals surface area contributed by atoms with E-state index in [0.29, 0.717) is 37.1 Å². The van der Waals surface area contributed by atoms with Gasteiger partial charge in [-0.1, -0.05) is 5.16 Å². The molecule has 1 spiro atoms. The number of rotatable bonds is 1. The molecule has 3 heterocycles. The van der Waals surface area contributed by atoms with Crippen LogP contribution in [-0.4, -0.2) is 57.1 Å². The van der Waals surface area contributed by atoms with Crippen molar-refractivity contribution in [3.8, 4) is 0 Å². The summed E-state index contributed by atoms with van der Waals surface area (Å²) >= 11 is 0. The monoisotopic (exact) mass is 383 g/mol. The van der Waals surface area contributed by atoms with Crippen molar-refractivity contribution in [2.24, 2.45) is 0 Å². The molecule has 3 aliphatic rings. The molecule has 0 N–H and O–H groups in total. The van der Waals surface area contributed by atoms with Gasteiger partial charge in [0, 0.05) is 30.5 Å². The van der Waals surface area contributed by atoms with Gasteiger partial charge in [-0.25, -0.2) is 13.6 Å². The molecule has 27 heavy (non-hydrogen) atoms. The fraction of sp³-hybridized carbons (Fsp3) is 0.722. The molecule has 9 heteroatoms. The van der Waals surface area contributed by atoms with Gasteiger partial charge in [0.1, 0.15) is 11.4 Å². The minimum Gasteiger partial charge on any atom is -0.444 e. The molecule has 2 fully saturated rings. The van der Waals surface area contributed by atoms with Gasteiger partial charge in [0.2, 0.25) is 0 Å². The van der Waals surface area contributed by atoms with Crippen molar-refractivity contribution in [3.63, 3.8) is 0 Å². The van der Waals surface area contributed by atoms with Crippen LogP contribution in [0.1, 0.15) is 61.8 Å². The second kappa shape index (κ2) is 5.65. The Morgan fingerprint density at radius 3 is 2.59 bits per heavy atom. The largest absolute Gasteiger partial charge is 0.444 e. The zero-order chi connectivity index (χ0) is 19.6. The molecule has 4 rings (SSSR count). The molecule has 1 aromatic heterocycles. The van der Waals surface area contributed by atoms with Crippen molar-refractivity contribution in [2.45, 2.75) is 70.1 Å². The maximum absolute atomic E-state index is 13.9. The Bertz CT molecular complexity index is 795. The summed E-state index contributed by atoms with van der Waals surface area (Å²) in [4.78, 5) is 28.0. The standard InChI is InChI=1S/C18H23F2N3O4/c1-16(2,3)26-15(25)22-7-4-12-11(8-22)13(21-27-12)14(24)23-10-18(19,20)9-17(23)5-6-17/h4-10H2,1-3H3. The smallest absolute Gasteiger partial charge is 0.410 e. The Morgan fingerprint density at radius 2 is 1.96 bits per heavy atom. The third kappa shape index (κ3) is 3.27. The molecule has 2 aliphatic heterocycles. The number of carbonyl (C=O) groups excluding carboxylic acids is 2. The van der Waals surface area contributed by atoms with Gasteiger partial charge in [0.25, 0.3) is 11.8 Å². The van der Waals surface area contributed by atoms with Crippen molar-refractivity contribution < 1.29 is 27.6 Å². The Morgan fingerprint density at radius 1 is 1.26 bits per heavy atom. The second-order valence-electron chi connectivity index (χ2n) is 8.73. The van der Waals surface area contributed by atoms with E-state index in [-0.39, 0.29) is 18.7 Å². The molecule has 2 amide bonds. The Kier molecular flexibility index (Phi) is 3.81. The highest BCUT2D eigenvalue weighted by Gasteiger charge is 2.63. The van der Waals surface area contributed by atoms with Gasteiger partial charge in [-0.15, -0.1) is 0 Å². The molecule has 1 saturated heterocycles. The average molecular weight is 383 g/mol. The van der Waals surface area contributed by atoms with Gasteiger partial charge in [-0.05, 0) is 33.6 Å². The van der Waals surface area contributed by atoms with Gasteiger partial charge < -0.3 is 19.1 Å². The van der Waals surface area contributed by atoms with Gasteiger partial charge in [0.15, 0.2) is 5.69 Å². The number of halogens is 2. The van der Waals surface area contributed by atoms with E-state index in [1.54, 1.807) is 20.8 Å². The van der Waals surface area contributed by atoms with Crippen LogP contribution in [0.3, 0.4) is 0 Å². The van der Waals surface area contributed by atoms with Gasteiger partial charge in [-0.2, -0.15) is 0 Å². The molecule has 0 aromatic carbocycles. The molecule has 1 aliphatic carbocycles. The maximum Gasteiger partial charge on any atom is 0.410 e. The molecule has 0 bridgehead atoms. The molecule has 0 unspecified atom stereocenters. The van der Waals surface area contributed by atoms with Crippen molar-refractivity contribution in [3.05, 3.63) is 17.0 Å². The van der Waals surface area contributed by atoms with Crippen LogP contribution in [0, 0.1) is 0 Å². The average Bonchev–Trinajstić information content (AvgIpc) is 3.08. The lowest BCUT2D eigenvalue weighted by molar-refractivity contribution is 0.0115. The lowest BCUT2D eigenvalue weighted by atomic mass is 10.1. The first-order valence-electron chi connectivity index (χ1n) is 9.15. The number of hydrogen-bond acceptors (Lipinski definition) is 5. The fourth-order valence-corrected chi connectivity index (χ4v) is 3.90. The number of likely N-dealkylation sites (tertiary alicyclic amines) is 1. The van der Waals surface area contributed by atoms with E-state index in [0.717, 1.165) is 0 Å². The number of amides is 2. The number of hydrogen-bond donors (Lipinski definition) is 0. The van der Waals surface area contributed by atoms with Crippen LogP contribution in [0.15, 0.2) is 4.52 Å². The van der Waals surface area contributed by atoms with E-state index >= 15 is 0 Å². The minimum absolute atomic E-state index is 0.0298. The Hall–Kier alpha value is -2.19. The lowest BCUT2D eigenvalue weighted by Gasteiger charge is -2.29. The van der Waals surface area contributed by atoms with E-state index in [1.807, 2.05) is 0 Å². The quantitative estimate of drug-likeness (QED) is 0.745. The number of fused-ring (bicyclic) bond motifs is 1. The zero-order valence-electron chi connectivity index (χ0n) is 15.7. The summed E-state index contributed by atoms with van der Waals surface area (Å²) in [6, 6.07) is 0. The predicted molar refractivity (Wildman–Crippen MR) is 89.4 cm³/mol. The van der Waals surface area contributed by atoms with Gasteiger partial charge >= 0.3 is 6.09 Å². The molecule has 0 atom stereocenters. The van der Waals surface area contributed by atoms with Gasteiger partial charge in [-0.3, -0.25) is 4.79 Å². The summed E-state index contributed by atoms with van der Waals surface area (Å²) in [7, 11) is 0. The molecule has 148 valence electrons. The number of nitrogens with zero attached hydrogens (tertiary/aromatic N) is 3. The Balaban J connectivity index is 1.55. The van der Waals surface area contributed by atoms with Crippen molar-refractivity contribution in [1.82, 2.24) is 15.0 Å². The van der Waals surface area contributed by atoms with Crippen molar-refractivity contribution in [1.29, 1.82) is 0 Å². The maximum atomic E-state index is 13.9. The number of aromatic nitrogens is 1. The van der Waals surface area contributed by atoms with Crippen LogP contribution < -0.4 is 0 Å². The first-order valence-corrected chi connectivity index (χ1v) is 9.15. The summed E-state index contributed by atoms with van der Waals surface area (Å²) in [6.07, 6.45) is 0.780. The van der Waals surface area contributed by atoms with E-state index in [1.165, 1.54) is 9.80 Å². The summed E-state index contributed by atoms with van der Waals surface area (Å²) in [5.41, 5.74) is -0.860. The third-order valence-corrected chi connectivity index (χ3v) is 5.30. The molecule has 1 aromatic rings. The number of ether oxygens (including phenoxy) is 1. The molecule has 1 saturated carbocycles. The highest BCUT2D eigenvalue weighted by molar-refractivity contribution is 5.95. The SMILES string of the molecule is CC(C)(C)OC(=O)N1CCc2onc(C(=O)N3CC(F)(F)CC34CC4)c2C1. The molecule has 0 radical (unpaired) electrons. The first-order chi connectivity index (χ1) is 12.5. The van der Waals surface area contributed by atoms with Gasteiger partial charge in [0.05, 0.1) is 13.1 Å². The summed E-state index contributed by atoms with van der Waals surface area (Å²) in [6.45, 7) is 5.23. The highest BCUT2D eigenvalue weighted by atomic mass is 19.3. The van der Waals surface area contributed by atoms with E-state index in [4.69, 9.17) is 9.26 Å². The van der Waals surface area contributed by atoms with Crippen LogP contribution in [0.5, 0.6) is 0 Å². The van der Waals surface area contributed by atoms with Crippen LogP contribution in [0.4, 0.5) is 13.6 Å². The van der Waals surface area contributed by atoms with E-state index in [2.05, 4.69) is 5.16 Å². The summed E-state index contributed by atoms with van der Waals surface area (Å²) < 4.78 is 38.4. The molecule has 7 nitrogen and oxygen atoms in total. The topological polar surface area (TPSA) is 75.9 Å². The van der Waals surface area contributed by atoms with Crippen LogP contribution in [-0.2, 0) is 17.7 Å². The van der Waals surface area contributed by atoms with Crippen LogP contribution >= 0.6 is 0 Å². The Labute approximate surface area is 155 Å². The molecular formula is C18H23F2N3O4. The summed E-state index contributed by atoms with van der Waals surface area (Å²) in [5.74, 6) is -2.90. The minimum atomic E-state index is -2.88. The van der Waals surface area contributed by atoms with Crippen molar-refractivity contribution in [2.75, 3.05) is 13.1 Å². The number of alkyl halides is 2. The molecular weight excluding hydrogens is 360 g/mol. The second-order valence-corrected chi connectivity index (χ2v) is 8.73. The fourth-order valence-electron chi connectivity index (χ4n) is 3.90. The van der Waals surface area contributed by atoms with Crippen LogP contribution in [0.25, 0.3) is 0 Å². The van der Waals surface area contributed by atoms with E-state index in [9.17, 15) is 18.4 Å². The number of carbonyl (C=O) groups is 2. The van der Waals surface area contributed by atoms with Crippen LogP contribution in [0.2, 0.25) is 0 Å². The first kappa shape index (κ1) is 18.2. The lowest BCUT2D eigenvalue weighted by Crippen LogP contribution is -2.41. The highest BCUT2D eigenvalue weighted by Crippen LogP contribution is 2.54. The third-order valence-electron chi connectivity index (χ3n) is 5.30. The van der Waals surface area contributed by atoms with E-state index < -0.39 is 35.6 Å². The predicted octanol–water partition coefficient (Wildman–Crippen LogP) is 2.98. The normalized spacial score (nSPS) is 22.7. The zero-order valence-corrected chi connectivity index (χ0v) is 15.7. The van der Waals surface area contributed by atoms with Crippen molar-refractivity contribution >= 4 is 12.0 Å². The summed E-state index contributed by atoms with van der Waals surface area (Å²) in [5, 5.41) is 3.86.